The molecular weight excluding hydrogens is 519 g/mol. The number of alkyl carbamates (subject to hydrolysis) is 1. The summed E-state index contributed by atoms with van der Waals surface area (Å²) in [4.78, 5) is 31.1. The Kier molecular flexibility index (Phi) is 8.00. The van der Waals surface area contributed by atoms with Crippen molar-refractivity contribution < 1.29 is 18.7 Å². The quantitative estimate of drug-likeness (QED) is 0.261. The molecule has 3 N–H and O–H groups in total. The summed E-state index contributed by atoms with van der Waals surface area (Å²) in [6.45, 7) is 2.07. The van der Waals surface area contributed by atoms with E-state index in [4.69, 9.17) is 4.74 Å². The fourth-order valence-corrected chi connectivity index (χ4v) is 6.09. The zero-order chi connectivity index (χ0) is 28.2. The number of aromatic nitrogens is 1. The average molecular weight is 555 g/mol. The number of amides is 2. The Morgan fingerprint density at radius 2 is 1.61 bits per heavy atom. The van der Waals surface area contributed by atoms with Gasteiger partial charge in [-0.1, -0.05) is 54.6 Å². The highest BCUT2D eigenvalue weighted by molar-refractivity contribution is 5.99. The van der Waals surface area contributed by atoms with Crippen molar-refractivity contribution >= 4 is 22.9 Å². The number of likely N-dealkylation sites (tertiary alicyclic amines) is 1. The predicted octanol–water partition coefficient (Wildman–Crippen LogP) is 6.02. The third-order valence-corrected chi connectivity index (χ3v) is 8.35. The van der Waals surface area contributed by atoms with E-state index in [0.717, 1.165) is 72.8 Å². The number of halogens is 1. The Morgan fingerprint density at radius 1 is 0.854 bits per heavy atom. The molecular formula is C33H35FN4O3. The smallest absolute Gasteiger partial charge is 0.407 e. The molecule has 8 heteroatoms. The van der Waals surface area contributed by atoms with Gasteiger partial charge in [0.15, 0.2) is 0 Å². The van der Waals surface area contributed by atoms with E-state index in [0.29, 0.717) is 11.7 Å². The summed E-state index contributed by atoms with van der Waals surface area (Å²) in [6.07, 6.45) is 4.45. The first-order valence-corrected chi connectivity index (χ1v) is 14.4. The summed E-state index contributed by atoms with van der Waals surface area (Å²) in [7, 11) is 0. The molecule has 3 aromatic carbocycles. The number of carbonyl (C=O) groups is 2. The molecule has 1 saturated carbocycles. The maximum atomic E-state index is 13.3. The van der Waals surface area contributed by atoms with Gasteiger partial charge in [-0.05, 0) is 73.1 Å². The normalized spacial score (nSPS) is 21.0. The molecule has 4 aromatic rings. The number of hydrogen-bond donors (Lipinski definition) is 3. The van der Waals surface area contributed by atoms with E-state index in [2.05, 4.69) is 20.5 Å². The number of benzene rings is 3. The molecule has 1 aliphatic heterocycles. The van der Waals surface area contributed by atoms with E-state index in [-0.39, 0.29) is 36.5 Å². The minimum Gasteiger partial charge on any atom is -0.445 e. The van der Waals surface area contributed by atoms with Crippen molar-refractivity contribution in [2.75, 3.05) is 13.1 Å². The number of rotatable bonds is 7. The highest BCUT2D eigenvalue weighted by Crippen LogP contribution is 2.28. The standard InChI is InChI=1S/C33H35FN4O3/c34-26-10-8-23(9-11-26)24-6-7-25-19-31(37-30(25)18-24)32(39)35-28-16-17-38(20-28)29-14-12-27(13-15-29)36-33(40)41-21-22-4-2-1-3-5-22/h1-11,18-19,27-29,37H,12-17,20-21H2,(H,35,39)(H,36,40). The van der Waals surface area contributed by atoms with Crippen molar-refractivity contribution in [3.8, 4) is 11.1 Å². The summed E-state index contributed by atoms with van der Waals surface area (Å²) in [5, 5.41) is 7.20. The zero-order valence-electron chi connectivity index (χ0n) is 22.9. The molecule has 41 heavy (non-hydrogen) atoms. The van der Waals surface area contributed by atoms with Gasteiger partial charge in [0.05, 0.1) is 0 Å². The van der Waals surface area contributed by atoms with Gasteiger partial charge in [0.1, 0.15) is 18.1 Å². The molecule has 7 nitrogen and oxygen atoms in total. The third-order valence-electron chi connectivity index (χ3n) is 8.35. The topological polar surface area (TPSA) is 86.5 Å². The first-order valence-electron chi connectivity index (χ1n) is 14.4. The van der Waals surface area contributed by atoms with Crippen LogP contribution in [0.2, 0.25) is 0 Å². The molecule has 1 atom stereocenters. The van der Waals surface area contributed by atoms with Crippen LogP contribution in [-0.2, 0) is 11.3 Å². The number of nitrogens with zero attached hydrogens (tertiary/aromatic N) is 1. The third kappa shape index (κ3) is 6.60. The van der Waals surface area contributed by atoms with E-state index in [1.54, 1.807) is 12.1 Å². The molecule has 2 amide bonds. The van der Waals surface area contributed by atoms with Crippen molar-refractivity contribution in [3.05, 3.63) is 95.9 Å². The van der Waals surface area contributed by atoms with Gasteiger partial charge in [0, 0.05) is 42.1 Å². The van der Waals surface area contributed by atoms with E-state index in [9.17, 15) is 14.0 Å². The number of ether oxygens (including phenoxy) is 1. The molecule has 6 rings (SSSR count). The van der Waals surface area contributed by atoms with Crippen LogP contribution in [-0.4, -0.2) is 53.1 Å². The maximum Gasteiger partial charge on any atom is 0.407 e. The van der Waals surface area contributed by atoms with Gasteiger partial charge >= 0.3 is 6.09 Å². The van der Waals surface area contributed by atoms with Crippen LogP contribution >= 0.6 is 0 Å². The minimum absolute atomic E-state index is 0.0988. The highest BCUT2D eigenvalue weighted by atomic mass is 19.1. The van der Waals surface area contributed by atoms with E-state index in [1.165, 1.54) is 12.1 Å². The number of aromatic amines is 1. The second-order valence-corrected chi connectivity index (χ2v) is 11.2. The Balaban J connectivity index is 0.962. The van der Waals surface area contributed by atoms with Crippen LogP contribution in [0, 0.1) is 5.82 Å². The fraction of sp³-hybridized carbons (Fsp3) is 0.333. The van der Waals surface area contributed by atoms with Crippen LogP contribution in [0.25, 0.3) is 22.0 Å². The van der Waals surface area contributed by atoms with Gasteiger partial charge in [0.25, 0.3) is 5.91 Å². The summed E-state index contributed by atoms with van der Waals surface area (Å²) < 4.78 is 18.7. The lowest BCUT2D eigenvalue weighted by Crippen LogP contribution is -2.44. The number of nitrogens with one attached hydrogen (secondary N) is 3. The highest BCUT2D eigenvalue weighted by Gasteiger charge is 2.32. The largest absolute Gasteiger partial charge is 0.445 e. The second kappa shape index (κ2) is 12.1. The van der Waals surface area contributed by atoms with Crippen LogP contribution in [0.1, 0.15) is 48.2 Å². The first-order chi connectivity index (χ1) is 20.0. The van der Waals surface area contributed by atoms with Crippen LogP contribution in [0.5, 0.6) is 0 Å². The summed E-state index contributed by atoms with van der Waals surface area (Å²) in [5.74, 6) is -0.362. The maximum absolute atomic E-state index is 13.3. The predicted molar refractivity (Wildman–Crippen MR) is 157 cm³/mol. The van der Waals surface area contributed by atoms with E-state index in [1.807, 2.05) is 54.6 Å². The van der Waals surface area contributed by atoms with Crippen LogP contribution in [0.4, 0.5) is 9.18 Å². The molecule has 2 fully saturated rings. The van der Waals surface area contributed by atoms with Crippen LogP contribution < -0.4 is 10.6 Å². The van der Waals surface area contributed by atoms with Gasteiger partial charge in [-0.2, -0.15) is 0 Å². The lowest BCUT2D eigenvalue weighted by atomic mass is 9.90. The fourth-order valence-electron chi connectivity index (χ4n) is 6.09. The summed E-state index contributed by atoms with van der Waals surface area (Å²) >= 11 is 0. The van der Waals surface area contributed by atoms with Gasteiger partial charge in [0.2, 0.25) is 0 Å². The number of H-pyrrole nitrogens is 1. The molecule has 0 bridgehead atoms. The molecule has 0 radical (unpaired) electrons. The average Bonchev–Trinajstić information content (AvgIpc) is 3.64. The summed E-state index contributed by atoms with van der Waals surface area (Å²) in [5.41, 5.74) is 4.28. The molecule has 0 spiro atoms. The van der Waals surface area contributed by atoms with Crippen molar-refractivity contribution in [2.24, 2.45) is 0 Å². The molecule has 212 valence electrons. The van der Waals surface area contributed by atoms with Gasteiger partial charge in [-0.3, -0.25) is 9.69 Å². The number of carbonyl (C=O) groups excluding carboxylic acids is 2. The Bertz CT molecular complexity index is 1500. The van der Waals surface area contributed by atoms with Gasteiger partial charge in [-0.25, -0.2) is 9.18 Å². The van der Waals surface area contributed by atoms with Crippen molar-refractivity contribution in [1.29, 1.82) is 0 Å². The molecule has 1 unspecified atom stereocenters. The van der Waals surface area contributed by atoms with Crippen molar-refractivity contribution in [1.82, 2.24) is 20.5 Å². The second-order valence-electron chi connectivity index (χ2n) is 11.2. The number of fused-ring (bicyclic) bond motifs is 1. The lowest BCUT2D eigenvalue weighted by Gasteiger charge is -2.34. The minimum atomic E-state index is -0.357. The molecule has 1 aromatic heterocycles. The van der Waals surface area contributed by atoms with Crippen molar-refractivity contribution in [3.63, 3.8) is 0 Å². The monoisotopic (exact) mass is 554 g/mol. The zero-order valence-corrected chi connectivity index (χ0v) is 22.9. The Morgan fingerprint density at radius 3 is 2.39 bits per heavy atom. The number of hydrogen-bond acceptors (Lipinski definition) is 4. The van der Waals surface area contributed by atoms with Crippen LogP contribution in [0.15, 0.2) is 78.9 Å². The van der Waals surface area contributed by atoms with Crippen LogP contribution in [0.3, 0.4) is 0 Å². The SMILES string of the molecule is O=C(NC1CCC(N2CCC(NC(=O)c3cc4ccc(-c5ccc(F)cc5)cc4[nH]3)C2)CC1)OCc1ccccc1. The Hall–Kier alpha value is -4.17. The summed E-state index contributed by atoms with van der Waals surface area (Å²) in [6, 6.07) is 24.6. The first kappa shape index (κ1) is 27.0. The lowest BCUT2D eigenvalue weighted by molar-refractivity contribution is 0.0930. The molecule has 1 aliphatic carbocycles. The molecule has 2 aliphatic rings. The molecule has 2 heterocycles. The Labute approximate surface area is 239 Å². The van der Waals surface area contributed by atoms with E-state index >= 15 is 0 Å². The van der Waals surface area contributed by atoms with Gasteiger partial charge in [-0.15, -0.1) is 0 Å². The van der Waals surface area contributed by atoms with E-state index < -0.39 is 0 Å². The van der Waals surface area contributed by atoms with Crippen molar-refractivity contribution in [2.45, 2.75) is 56.8 Å². The van der Waals surface area contributed by atoms with Gasteiger partial charge < -0.3 is 20.4 Å². The molecule has 1 saturated heterocycles.